The van der Waals surface area contributed by atoms with Gasteiger partial charge in [0, 0.05) is 18.0 Å². The molecule has 0 spiro atoms. The minimum Gasteiger partial charge on any atom is -0.360 e. The molecule has 0 radical (unpaired) electrons. The molecule has 0 aromatic rings. The summed E-state index contributed by atoms with van der Waals surface area (Å²) in [5.41, 5.74) is 5.05. The molecule has 3 heterocycles. The van der Waals surface area contributed by atoms with Crippen molar-refractivity contribution in [3.63, 3.8) is 0 Å². The van der Waals surface area contributed by atoms with E-state index in [9.17, 15) is 0 Å². The summed E-state index contributed by atoms with van der Waals surface area (Å²) in [4.78, 5) is 4.37. The molecule has 0 bridgehead atoms. The molecule has 0 aromatic heterocycles. The fourth-order valence-electron chi connectivity index (χ4n) is 4.14. The summed E-state index contributed by atoms with van der Waals surface area (Å²) in [6.07, 6.45) is 7.60. The third-order valence-electron chi connectivity index (χ3n) is 5.08. The Bertz CT molecular complexity index is 489. The van der Waals surface area contributed by atoms with Crippen molar-refractivity contribution >= 4 is 11.8 Å². The molecule has 0 amide bonds. The van der Waals surface area contributed by atoms with E-state index in [0.717, 1.165) is 19.0 Å². The molecule has 1 saturated heterocycles. The van der Waals surface area contributed by atoms with Crippen molar-refractivity contribution in [1.82, 2.24) is 10.2 Å². The highest BCUT2D eigenvalue weighted by Crippen LogP contribution is 2.50. The van der Waals surface area contributed by atoms with E-state index in [2.05, 4.69) is 28.6 Å². The van der Waals surface area contributed by atoms with Gasteiger partial charge in [-0.05, 0) is 54.7 Å². The molecule has 19 heavy (non-hydrogen) atoms. The second kappa shape index (κ2) is 4.71. The predicted octanol–water partition coefficient (Wildman–Crippen LogP) is 3.25. The molecular weight excluding hydrogens is 252 g/mol. The largest absolute Gasteiger partial charge is 0.360 e. The smallest absolute Gasteiger partial charge is 0.0537 e. The van der Waals surface area contributed by atoms with E-state index in [1.165, 1.54) is 32.2 Å². The molecule has 2 nitrogen and oxygen atoms in total. The van der Waals surface area contributed by atoms with Gasteiger partial charge < -0.3 is 10.2 Å². The van der Waals surface area contributed by atoms with Gasteiger partial charge in [0.25, 0.3) is 0 Å². The van der Waals surface area contributed by atoms with Crippen LogP contribution >= 0.6 is 11.8 Å². The van der Waals surface area contributed by atoms with E-state index in [4.69, 9.17) is 0 Å². The van der Waals surface area contributed by atoms with Gasteiger partial charge >= 0.3 is 0 Å². The minimum absolute atomic E-state index is 0.695. The molecule has 1 aliphatic carbocycles. The van der Waals surface area contributed by atoms with Crippen LogP contribution in [0.5, 0.6) is 0 Å². The molecule has 4 aliphatic rings. The second-order valence-electron chi connectivity index (χ2n) is 5.98. The topological polar surface area (TPSA) is 15.3 Å². The summed E-state index contributed by atoms with van der Waals surface area (Å²) in [6.45, 7) is 5.76. The quantitative estimate of drug-likeness (QED) is 0.790. The number of nitrogens with one attached hydrogen (secondary N) is 1. The number of allylic oxidation sites excluding steroid dienone is 2. The number of fused-ring (bicyclic) bond motifs is 2. The van der Waals surface area contributed by atoms with E-state index >= 15 is 0 Å². The number of rotatable bonds is 1. The lowest BCUT2D eigenvalue weighted by Crippen LogP contribution is -2.40. The van der Waals surface area contributed by atoms with Gasteiger partial charge in [0.1, 0.15) is 0 Å². The average molecular weight is 274 g/mol. The second-order valence-corrected chi connectivity index (χ2v) is 6.93. The fourth-order valence-corrected chi connectivity index (χ4v) is 5.30. The van der Waals surface area contributed by atoms with E-state index in [0.29, 0.717) is 6.04 Å². The molecule has 1 fully saturated rings. The fraction of sp³-hybridized carbons (Fsp3) is 0.625. The first-order chi connectivity index (χ1) is 9.40. The Morgan fingerprint density at radius 3 is 3.26 bits per heavy atom. The first kappa shape index (κ1) is 12.1. The van der Waals surface area contributed by atoms with Crippen molar-refractivity contribution in [3.05, 3.63) is 33.2 Å². The Balaban J connectivity index is 1.86. The highest BCUT2D eigenvalue weighted by molar-refractivity contribution is 8.05. The van der Waals surface area contributed by atoms with Crippen molar-refractivity contribution in [2.45, 2.75) is 38.6 Å². The SMILES string of the molecule is CCC1CCC2=C3CNCCC3N3CC=CSC1=C23. The normalized spacial score (nSPS) is 33.4. The van der Waals surface area contributed by atoms with Crippen molar-refractivity contribution < 1.29 is 0 Å². The van der Waals surface area contributed by atoms with Gasteiger partial charge in [-0.2, -0.15) is 0 Å². The Kier molecular flexibility index (Phi) is 3.00. The van der Waals surface area contributed by atoms with Crippen LogP contribution in [0.2, 0.25) is 0 Å². The molecule has 2 unspecified atom stereocenters. The van der Waals surface area contributed by atoms with Crippen molar-refractivity contribution in [2.75, 3.05) is 19.6 Å². The third kappa shape index (κ3) is 1.74. The third-order valence-corrected chi connectivity index (χ3v) is 6.19. The molecule has 102 valence electrons. The molecule has 3 aliphatic heterocycles. The van der Waals surface area contributed by atoms with E-state index in [-0.39, 0.29) is 0 Å². The van der Waals surface area contributed by atoms with Crippen molar-refractivity contribution in [1.29, 1.82) is 0 Å². The zero-order valence-corrected chi connectivity index (χ0v) is 12.4. The Labute approximate surface area is 120 Å². The highest BCUT2D eigenvalue weighted by atomic mass is 32.2. The number of piperidine rings is 1. The Hall–Kier alpha value is -0.670. The molecular formula is C16H22N2S. The van der Waals surface area contributed by atoms with Crippen LogP contribution in [-0.4, -0.2) is 30.6 Å². The zero-order chi connectivity index (χ0) is 12.8. The van der Waals surface area contributed by atoms with Crippen LogP contribution in [0.1, 0.15) is 32.6 Å². The van der Waals surface area contributed by atoms with Gasteiger partial charge in [0.15, 0.2) is 0 Å². The first-order valence-electron chi connectivity index (χ1n) is 7.65. The van der Waals surface area contributed by atoms with Crippen molar-refractivity contribution in [3.8, 4) is 0 Å². The lowest BCUT2D eigenvalue weighted by atomic mass is 9.86. The van der Waals surface area contributed by atoms with Gasteiger partial charge in [-0.1, -0.05) is 13.0 Å². The van der Waals surface area contributed by atoms with E-state index in [1.807, 2.05) is 11.8 Å². The van der Waals surface area contributed by atoms with Crippen molar-refractivity contribution in [2.24, 2.45) is 5.92 Å². The lowest BCUT2D eigenvalue weighted by molar-refractivity contribution is 0.296. The summed E-state index contributed by atoms with van der Waals surface area (Å²) < 4.78 is 0. The summed E-state index contributed by atoms with van der Waals surface area (Å²) >= 11 is 2.00. The van der Waals surface area contributed by atoms with Crippen LogP contribution in [0.3, 0.4) is 0 Å². The maximum atomic E-state index is 3.58. The van der Waals surface area contributed by atoms with E-state index in [1.54, 1.807) is 21.7 Å². The maximum Gasteiger partial charge on any atom is 0.0537 e. The maximum absolute atomic E-state index is 3.58. The monoisotopic (exact) mass is 274 g/mol. The molecule has 0 aromatic carbocycles. The first-order valence-corrected chi connectivity index (χ1v) is 8.53. The Morgan fingerprint density at radius 1 is 1.42 bits per heavy atom. The van der Waals surface area contributed by atoms with Crippen LogP contribution in [0, 0.1) is 5.92 Å². The average Bonchev–Trinajstić information content (AvgIpc) is 2.62. The standard InChI is InChI=1S/C16H22N2S/c1-2-11-4-5-12-13-10-17-7-6-14(13)18-8-3-9-19-16(11)15(12)18/h3,9,11,14,17H,2,4-8,10H2,1H3. The van der Waals surface area contributed by atoms with E-state index < -0.39 is 0 Å². The molecule has 2 atom stereocenters. The van der Waals surface area contributed by atoms with Gasteiger partial charge in [-0.15, -0.1) is 11.8 Å². The Morgan fingerprint density at radius 2 is 2.37 bits per heavy atom. The predicted molar refractivity (Wildman–Crippen MR) is 81.8 cm³/mol. The lowest BCUT2D eigenvalue weighted by Gasteiger charge is -2.34. The number of hydrogen-bond acceptors (Lipinski definition) is 3. The summed E-state index contributed by atoms with van der Waals surface area (Å²) in [5.74, 6) is 0.794. The zero-order valence-electron chi connectivity index (χ0n) is 11.6. The summed E-state index contributed by atoms with van der Waals surface area (Å²) in [5, 5.41) is 5.90. The number of thioether (sulfide) groups is 1. The highest BCUT2D eigenvalue weighted by Gasteiger charge is 2.41. The van der Waals surface area contributed by atoms with Gasteiger partial charge in [-0.25, -0.2) is 0 Å². The minimum atomic E-state index is 0.695. The van der Waals surface area contributed by atoms with Crippen LogP contribution in [-0.2, 0) is 0 Å². The van der Waals surface area contributed by atoms with Crippen LogP contribution in [0.4, 0.5) is 0 Å². The summed E-state index contributed by atoms with van der Waals surface area (Å²) in [7, 11) is 0. The molecule has 1 N–H and O–H groups in total. The van der Waals surface area contributed by atoms with Crippen LogP contribution < -0.4 is 5.32 Å². The van der Waals surface area contributed by atoms with Crippen LogP contribution in [0.25, 0.3) is 0 Å². The van der Waals surface area contributed by atoms with Crippen LogP contribution in [0.15, 0.2) is 33.2 Å². The number of hydrogen-bond donors (Lipinski definition) is 1. The van der Waals surface area contributed by atoms with Gasteiger partial charge in [0.05, 0.1) is 11.7 Å². The molecule has 4 rings (SSSR count). The molecule has 3 heteroatoms. The number of nitrogens with zero attached hydrogens (tertiary/aromatic N) is 1. The molecule has 0 saturated carbocycles. The van der Waals surface area contributed by atoms with Gasteiger partial charge in [0.2, 0.25) is 0 Å². The van der Waals surface area contributed by atoms with Gasteiger partial charge in [-0.3, -0.25) is 0 Å². The summed E-state index contributed by atoms with van der Waals surface area (Å²) in [6, 6.07) is 0.695.